The van der Waals surface area contributed by atoms with Crippen LogP contribution in [0, 0.1) is 24.0 Å². The van der Waals surface area contributed by atoms with Crippen LogP contribution < -0.4 is 5.32 Å². The van der Waals surface area contributed by atoms with Crippen molar-refractivity contribution >= 4 is 29.2 Å². The number of carbonyl (C=O) groups excluding carboxylic acids is 1. The minimum Gasteiger partial charge on any atom is -0.306 e. The highest BCUT2D eigenvalue weighted by Crippen LogP contribution is 2.37. The fourth-order valence-corrected chi connectivity index (χ4v) is 4.39. The molecule has 2 heterocycles. The monoisotopic (exact) mass is 394 g/mol. The molecule has 8 heteroatoms. The van der Waals surface area contributed by atoms with Crippen molar-refractivity contribution in [2.24, 2.45) is 0 Å². The summed E-state index contributed by atoms with van der Waals surface area (Å²) >= 11 is 1.75. The lowest BCUT2D eigenvalue weighted by atomic mass is 10.1. The first-order valence-corrected chi connectivity index (χ1v) is 9.92. The van der Waals surface area contributed by atoms with Crippen LogP contribution in [-0.2, 0) is 11.5 Å². The summed E-state index contributed by atoms with van der Waals surface area (Å²) in [6.45, 7) is 3.58. The smallest absolute Gasteiger partial charge is 0.273 e. The summed E-state index contributed by atoms with van der Waals surface area (Å²) in [5, 5.41) is 18.9. The number of hydrogen-bond donors (Lipinski definition) is 1. The average molecular weight is 394 g/mol. The molecule has 28 heavy (non-hydrogen) atoms. The lowest BCUT2D eigenvalue weighted by Gasteiger charge is -2.13. The van der Waals surface area contributed by atoms with Crippen LogP contribution in [0.1, 0.15) is 32.7 Å². The van der Waals surface area contributed by atoms with Crippen molar-refractivity contribution in [1.29, 1.82) is 0 Å². The molecule has 0 aliphatic carbocycles. The van der Waals surface area contributed by atoms with Crippen LogP contribution in [0.25, 0.3) is 5.69 Å². The molecular formula is C20H18N4O3S. The topological polar surface area (TPSA) is 90.1 Å². The van der Waals surface area contributed by atoms with Crippen molar-refractivity contribution in [2.75, 3.05) is 5.32 Å². The van der Waals surface area contributed by atoms with E-state index in [0.29, 0.717) is 11.4 Å². The number of amides is 1. The second kappa shape index (κ2) is 7.12. The molecule has 7 nitrogen and oxygen atoms in total. The van der Waals surface area contributed by atoms with Crippen LogP contribution in [0.3, 0.4) is 0 Å². The Hall–Kier alpha value is -3.13. The summed E-state index contributed by atoms with van der Waals surface area (Å²) in [6, 6.07) is 12.4. The number of nitrogens with zero attached hydrogens (tertiary/aromatic N) is 3. The highest BCUT2D eigenvalue weighted by molar-refractivity contribution is 7.98. The second-order valence-electron chi connectivity index (χ2n) is 6.63. The fourth-order valence-electron chi connectivity index (χ4n) is 3.36. The summed E-state index contributed by atoms with van der Waals surface area (Å²) in [7, 11) is 0. The van der Waals surface area contributed by atoms with E-state index in [1.807, 2.05) is 31.2 Å². The molecule has 142 valence electrons. The summed E-state index contributed by atoms with van der Waals surface area (Å²) in [6.07, 6.45) is 0. The van der Waals surface area contributed by atoms with Crippen molar-refractivity contribution in [3.63, 3.8) is 0 Å². The van der Waals surface area contributed by atoms with Crippen molar-refractivity contribution in [3.8, 4) is 5.69 Å². The first-order valence-electron chi connectivity index (χ1n) is 8.77. The molecule has 0 radical (unpaired) electrons. The Morgan fingerprint density at radius 2 is 1.96 bits per heavy atom. The first-order chi connectivity index (χ1) is 13.5. The molecule has 0 bridgehead atoms. The number of nitro groups is 1. The SMILES string of the molecule is Cc1ccccc1-n1nc2c(c1NC(=O)c1cccc([N+](=O)[O-])c1C)CSC2. The molecular weight excluding hydrogens is 376 g/mol. The van der Waals surface area contributed by atoms with Crippen LogP contribution in [0.15, 0.2) is 42.5 Å². The number of benzene rings is 2. The largest absolute Gasteiger partial charge is 0.306 e. The molecule has 2 aromatic carbocycles. The number of thioether (sulfide) groups is 1. The van der Waals surface area contributed by atoms with E-state index >= 15 is 0 Å². The van der Waals surface area contributed by atoms with Crippen LogP contribution in [0.5, 0.6) is 0 Å². The van der Waals surface area contributed by atoms with E-state index in [0.717, 1.165) is 34.0 Å². The molecule has 1 N–H and O–H groups in total. The van der Waals surface area contributed by atoms with Gasteiger partial charge in [0.25, 0.3) is 11.6 Å². The van der Waals surface area contributed by atoms with E-state index in [2.05, 4.69) is 5.32 Å². The fraction of sp³-hybridized carbons (Fsp3) is 0.200. The van der Waals surface area contributed by atoms with E-state index in [4.69, 9.17) is 5.10 Å². The van der Waals surface area contributed by atoms with Crippen molar-refractivity contribution in [2.45, 2.75) is 25.4 Å². The van der Waals surface area contributed by atoms with Gasteiger partial charge in [0.1, 0.15) is 5.82 Å². The average Bonchev–Trinajstić information content (AvgIpc) is 3.24. The molecule has 3 aromatic rings. The number of aryl methyl sites for hydroxylation is 1. The minimum absolute atomic E-state index is 0.0687. The zero-order valence-electron chi connectivity index (χ0n) is 15.4. The summed E-state index contributed by atoms with van der Waals surface area (Å²) in [4.78, 5) is 23.7. The zero-order valence-corrected chi connectivity index (χ0v) is 16.2. The Morgan fingerprint density at radius 3 is 2.71 bits per heavy atom. The van der Waals surface area contributed by atoms with E-state index in [1.54, 1.807) is 29.4 Å². The quantitative estimate of drug-likeness (QED) is 0.523. The van der Waals surface area contributed by atoms with Gasteiger partial charge in [-0.25, -0.2) is 4.68 Å². The third kappa shape index (κ3) is 3.05. The van der Waals surface area contributed by atoms with E-state index in [9.17, 15) is 14.9 Å². The van der Waals surface area contributed by atoms with Crippen molar-refractivity contribution in [3.05, 3.63) is 80.5 Å². The second-order valence-corrected chi connectivity index (χ2v) is 7.61. The zero-order chi connectivity index (χ0) is 19.8. The minimum atomic E-state index is -0.474. The Morgan fingerprint density at radius 1 is 1.18 bits per heavy atom. The normalized spacial score (nSPS) is 12.6. The molecule has 0 saturated heterocycles. The van der Waals surface area contributed by atoms with Gasteiger partial charge >= 0.3 is 0 Å². The van der Waals surface area contributed by atoms with Gasteiger partial charge in [-0.1, -0.05) is 24.3 Å². The van der Waals surface area contributed by atoms with Gasteiger partial charge in [-0.2, -0.15) is 16.9 Å². The lowest BCUT2D eigenvalue weighted by molar-refractivity contribution is -0.385. The highest BCUT2D eigenvalue weighted by Gasteiger charge is 2.26. The lowest BCUT2D eigenvalue weighted by Crippen LogP contribution is -2.18. The Labute approximate surface area is 165 Å². The molecule has 1 amide bonds. The van der Waals surface area contributed by atoms with Gasteiger partial charge < -0.3 is 5.32 Å². The van der Waals surface area contributed by atoms with Crippen LogP contribution >= 0.6 is 11.8 Å². The van der Waals surface area contributed by atoms with Gasteiger partial charge in [0.2, 0.25) is 0 Å². The molecule has 0 saturated carbocycles. The summed E-state index contributed by atoms with van der Waals surface area (Å²) in [5.74, 6) is 1.82. The number of fused-ring (bicyclic) bond motifs is 1. The van der Waals surface area contributed by atoms with Gasteiger partial charge in [0, 0.05) is 34.3 Å². The summed E-state index contributed by atoms with van der Waals surface area (Å²) in [5.41, 5.74) is 4.46. The Bertz CT molecular complexity index is 1110. The Balaban J connectivity index is 1.77. The van der Waals surface area contributed by atoms with Gasteiger partial charge in [-0.3, -0.25) is 14.9 Å². The van der Waals surface area contributed by atoms with Gasteiger partial charge in [0.15, 0.2) is 0 Å². The maximum absolute atomic E-state index is 13.0. The number of anilines is 1. The number of carbonyl (C=O) groups is 1. The van der Waals surface area contributed by atoms with Crippen LogP contribution in [-0.4, -0.2) is 20.6 Å². The van der Waals surface area contributed by atoms with Crippen molar-refractivity contribution < 1.29 is 9.72 Å². The van der Waals surface area contributed by atoms with E-state index in [1.165, 1.54) is 12.1 Å². The molecule has 0 fully saturated rings. The van der Waals surface area contributed by atoms with Gasteiger partial charge in [-0.15, -0.1) is 0 Å². The molecule has 0 spiro atoms. The number of nitrogens with one attached hydrogen (secondary N) is 1. The predicted molar refractivity (Wildman–Crippen MR) is 109 cm³/mol. The van der Waals surface area contributed by atoms with Crippen LogP contribution in [0.2, 0.25) is 0 Å². The van der Waals surface area contributed by atoms with E-state index in [-0.39, 0.29) is 17.2 Å². The molecule has 1 aromatic heterocycles. The number of hydrogen-bond acceptors (Lipinski definition) is 5. The summed E-state index contributed by atoms with van der Waals surface area (Å²) < 4.78 is 1.77. The Kier molecular flexibility index (Phi) is 4.64. The highest BCUT2D eigenvalue weighted by atomic mass is 32.2. The third-order valence-electron chi connectivity index (χ3n) is 4.87. The number of aromatic nitrogens is 2. The first kappa shape index (κ1) is 18.2. The number of rotatable bonds is 4. The standard InChI is InChI=1S/C20H18N4O3S/c1-12-6-3-4-8-17(12)23-19(15-10-28-11-16(15)22-23)21-20(25)14-7-5-9-18(13(14)2)24(26)27/h3-9H,10-11H2,1-2H3,(H,21,25). The maximum atomic E-state index is 13.0. The number of para-hydroxylation sites is 1. The van der Waals surface area contributed by atoms with Gasteiger partial charge in [-0.05, 0) is 31.5 Å². The molecule has 0 atom stereocenters. The molecule has 4 rings (SSSR count). The van der Waals surface area contributed by atoms with E-state index < -0.39 is 4.92 Å². The maximum Gasteiger partial charge on any atom is 0.273 e. The van der Waals surface area contributed by atoms with Gasteiger partial charge in [0.05, 0.1) is 16.3 Å². The molecule has 1 aliphatic heterocycles. The van der Waals surface area contributed by atoms with Crippen LogP contribution in [0.4, 0.5) is 11.5 Å². The van der Waals surface area contributed by atoms with Crippen molar-refractivity contribution in [1.82, 2.24) is 9.78 Å². The number of nitro benzene ring substituents is 1. The third-order valence-corrected chi connectivity index (χ3v) is 5.84. The molecule has 1 aliphatic rings. The predicted octanol–water partition coefficient (Wildman–Crippen LogP) is 4.40. The molecule has 0 unspecified atom stereocenters.